The Morgan fingerprint density at radius 2 is 2.24 bits per heavy atom. The van der Waals surface area contributed by atoms with Crippen LogP contribution in [0, 0.1) is 0 Å². The molecule has 0 aliphatic carbocycles. The van der Waals surface area contributed by atoms with Gasteiger partial charge in [-0.05, 0) is 12.1 Å². The molecule has 0 saturated carbocycles. The van der Waals surface area contributed by atoms with Crippen LogP contribution in [-0.4, -0.2) is 41.0 Å². The lowest BCUT2D eigenvalue weighted by molar-refractivity contribution is -0.121. The Labute approximate surface area is 154 Å². The van der Waals surface area contributed by atoms with Crippen LogP contribution in [-0.2, 0) is 20.9 Å². The van der Waals surface area contributed by atoms with Crippen LogP contribution in [0.15, 0.2) is 35.4 Å². The number of carbonyl (C=O) groups excluding carboxylic acids is 2. The van der Waals surface area contributed by atoms with E-state index in [1.54, 1.807) is 13.2 Å². The zero-order valence-electron chi connectivity index (χ0n) is 13.6. The summed E-state index contributed by atoms with van der Waals surface area (Å²) in [7, 11) is 1.59. The van der Waals surface area contributed by atoms with Gasteiger partial charge in [0.05, 0.1) is 11.5 Å². The molecule has 0 bridgehead atoms. The molecule has 0 spiro atoms. The van der Waals surface area contributed by atoms with Crippen LogP contribution in [0.25, 0.3) is 17.0 Å². The van der Waals surface area contributed by atoms with Crippen molar-refractivity contribution in [2.24, 2.45) is 0 Å². The Morgan fingerprint density at radius 3 is 2.96 bits per heavy atom. The van der Waals surface area contributed by atoms with E-state index in [2.05, 4.69) is 10.6 Å². The van der Waals surface area contributed by atoms with Crippen molar-refractivity contribution < 1.29 is 14.3 Å². The van der Waals surface area contributed by atoms with Crippen molar-refractivity contribution in [3.8, 4) is 0 Å². The van der Waals surface area contributed by atoms with Crippen LogP contribution in [0.3, 0.4) is 0 Å². The lowest BCUT2D eigenvalue weighted by Gasteiger charge is -2.06. The largest absolute Gasteiger partial charge is 0.383 e. The van der Waals surface area contributed by atoms with Crippen LogP contribution < -0.4 is 10.6 Å². The molecule has 0 radical (unpaired) electrons. The number of nitrogens with zero attached hydrogens (tertiary/aromatic N) is 1. The van der Waals surface area contributed by atoms with Crippen molar-refractivity contribution in [2.75, 3.05) is 20.3 Å². The molecule has 1 aromatic heterocycles. The number of hydrogen-bond acceptors (Lipinski definition) is 5. The van der Waals surface area contributed by atoms with Gasteiger partial charge in [-0.15, -0.1) is 0 Å². The third-order valence-corrected chi connectivity index (χ3v) is 4.85. The molecule has 8 heteroatoms. The van der Waals surface area contributed by atoms with Gasteiger partial charge in [-0.2, -0.15) is 0 Å². The van der Waals surface area contributed by atoms with Gasteiger partial charge in [-0.25, -0.2) is 0 Å². The molecule has 25 heavy (non-hydrogen) atoms. The number of carbonyl (C=O) groups is 2. The smallest absolute Gasteiger partial charge is 0.263 e. The second-order valence-corrected chi connectivity index (χ2v) is 7.14. The second kappa shape index (κ2) is 7.81. The van der Waals surface area contributed by atoms with Crippen LogP contribution in [0.5, 0.6) is 0 Å². The molecule has 1 saturated heterocycles. The highest BCUT2D eigenvalue weighted by Gasteiger charge is 2.22. The highest BCUT2D eigenvalue weighted by Crippen LogP contribution is 2.29. The summed E-state index contributed by atoms with van der Waals surface area (Å²) in [6, 6.07) is 7.77. The van der Waals surface area contributed by atoms with Gasteiger partial charge in [0, 0.05) is 36.3 Å². The number of thiocarbonyl (C=S) groups is 1. The Balaban J connectivity index is 1.88. The first-order chi connectivity index (χ1) is 12.1. The molecule has 1 fully saturated rings. The Hall–Kier alpha value is -2.16. The van der Waals surface area contributed by atoms with Gasteiger partial charge in [-0.1, -0.05) is 42.2 Å². The summed E-state index contributed by atoms with van der Waals surface area (Å²) < 4.78 is 7.26. The van der Waals surface area contributed by atoms with Gasteiger partial charge in [-0.3, -0.25) is 9.59 Å². The molecule has 1 aromatic carbocycles. The summed E-state index contributed by atoms with van der Waals surface area (Å²) in [5, 5.41) is 6.39. The summed E-state index contributed by atoms with van der Waals surface area (Å²) in [4.78, 5) is 24.5. The minimum Gasteiger partial charge on any atom is -0.383 e. The van der Waals surface area contributed by atoms with Crippen LogP contribution in [0.4, 0.5) is 0 Å². The average molecular weight is 375 g/mol. The quantitative estimate of drug-likeness (QED) is 0.458. The summed E-state index contributed by atoms with van der Waals surface area (Å²) in [5.41, 5.74) is 1.81. The highest BCUT2D eigenvalue weighted by atomic mass is 32.2. The Morgan fingerprint density at radius 1 is 1.44 bits per heavy atom. The van der Waals surface area contributed by atoms with Gasteiger partial charge < -0.3 is 19.9 Å². The number of methoxy groups -OCH3 is 1. The fraction of sp³-hybridized carbons (Fsp3) is 0.235. The maximum Gasteiger partial charge on any atom is 0.263 e. The molecule has 2 N–H and O–H groups in total. The first-order valence-electron chi connectivity index (χ1n) is 7.67. The molecule has 1 aliphatic rings. The lowest BCUT2D eigenvalue weighted by atomic mass is 10.1. The van der Waals surface area contributed by atoms with E-state index in [1.165, 1.54) is 11.8 Å². The SMILES string of the molecule is COCCNC(=O)Cn1cc(/C=C2\SC(=S)NC2=O)c2ccccc21. The van der Waals surface area contributed by atoms with Crippen molar-refractivity contribution in [3.63, 3.8) is 0 Å². The molecule has 0 unspecified atom stereocenters. The minimum atomic E-state index is -0.191. The highest BCUT2D eigenvalue weighted by molar-refractivity contribution is 8.26. The molecule has 0 atom stereocenters. The zero-order chi connectivity index (χ0) is 17.8. The number of para-hydroxylation sites is 1. The molecule has 1 aliphatic heterocycles. The summed E-state index contributed by atoms with van der Waals surface area (Å²) in [6.07, 6.45) is 3.68. The van der Waals surface area contributed by atoms with E-state index in [0.717, 1.165) is 16.5 Å². The van der Waals surface area contributed by atoms with E-state index >= 15 is 0 Å². The molecule has 2 heterocycles. The van der Waals surface area contributed by atoms with Gasteiger partial charge in [0.1, 0.15) is 10.9 Å². The van der Waals surface area contributed by atoms with Gasteiger partial charge >= 0.3 is 0 Å². The van der Waals surface area contributed by atoms with Crippen LogP contribution >= 0.6 is 24.0 Å². The summed E-state index contributed by atoms with van der Waals surface area (Å²) in [5.74, 6) is -0.282. The number of benzene rings is 1. The number of ether oxygens (including phenoxy) is 1. The molecular weight excluding hydrogens is 358 g/mol. The first kappa shape index (κ1) is 17.7. The molecule has 130 valence electrons. The monoisotopic (exact) mass is 375 g/mol. The Kier molecular flexibility index (Phi) is 5.52. The number of thioether (sulfide) groups is 1. The molecule has 3 rings (SSSR count). The zero-order valence-corrected chi connectivity index (χ0v) is 15.2. The van der Waals surface area contributed by atoms with Crippen LogP contribution in [0.1, 0.15) is 5.56 Å². The number of aromatic nitrogens is 1. The van der Waals surface area contributed by atoms with E-state index in [0.29, 0.717) is 22.4 Å². The van der Waals surface area contributed by atoms with Gasteiger partial charge in [0.15, 0.2) is 0 Å². The molecular formula is C17H17N3O3S2. The normalized spacial score (nSPS) is 15.8. The summed E-state index contributed by atoms with van der Waals surface area (Å²) in [6.45, 7) is 1.15. The number of hydrogen-bond donors (Lipinski definition) is 2. The fourth-order valence-electron chi connectivity index (χ4n) is 2.59. The third kappa shape index (κ3) is 4.09. The molecule has 2 aromatic rings. The number of rotatable bonds is 6. The first-order valence-corrected chi connectivity index (χ1v) is 8.89. The summed E-state index contributed by atoms with van der Waals surface area (Å²) >= 11 is 6.26. The number of amides is 2. The predicted octanol–water partition coefficient (Wildman–Crippen LogP) is 1.89. The van der Waals surface area contributed by atoms with Crippen molar-refractivity contribution >= 4 is 57.1 Å². The van der Waals surface area contributed by atoms with Crippen molar-refractivity contribution in [1.29, 1.82) is 0 Å². The Bertz CT molecular complexity index is 873. The van der Waals surface area contributed by atoms with E-state index in [1.807, 2.05) is 35.0 Å². The standard InChI is InChI=1S/C17H17N3O3S2/c1-23-7-6-18-15(21)10-20-9-11(12-4-2-3-5-13(12)20)8-14-16(22)19-17(24)25-14/h2-5,8-9H,6-7,10H2,1H3,(H,18,21)(H,19,22,24)/b14-8-. The van der Waals surface area contributed by atoms with Gasteiger partial charge in [0.25, 0.3) is 5.91 Å². The van der Waals surface area contributed by atoms with Crippen molar-refractivity contribution in [1.82, 2.24) is 15.2 Å². The second-order valence-electron chi connectivity index (χ2n) is 5.42. The van der Waals surface area contributed by atoms with Gasteiger partial charge in [0.2, 0.25) is 5.91 Å². The topological polar surface area (TPSA) is 72.4 Å². The van der Waals surface area contributed by atoms with E-state index in [9.17, 15) is 9.59 Å². The lowest BCUT2D eigenvalue weighted by Crippen LogP contribution is -2.30. The fourth-order valence-corrected chi connectivity index (χ4v) is 3.62. The maximum atomic E-state index is 12.1. The maximum absolute atomic E-state index is 12.1. The third-order valence-electron chi connectivity index (χ3n) is 3.69. The van der Waals surface area contributed by atoms with E-state index < -0.39 is 0 Å². The minimum absolute atomic E-state index is 0.0915. The van der Waals surface area contributed by atoms with Crippen molar-refractivity contribution in [3.05, 3.63) is 40.9 Å². The van der Waals surface area contributed by atoms with Crippen molar-refractivity contribution in [2.45, 2.75) is 6.54 Å². The van der Waals surface area contributed by atoms with E-state index in [-0.39, 0.29) is 18.4 Å². The molecule has 2 amide bonds. The van der Waals surface area contributed by atoms with E-state index in [4.69, 9.17) is 17.0 Å². The number of fused-ring (bicyclic) bond motifs is 1. The predicted molar refractivity (Wildman–Crippen MR) is 103 cm³/mol. The number of nitrogens with one attached hydrogen (secondary N) is 2. The molecule has 6 nitrogen and oxygen atoms in total. The average Bonchev–Trinajstić information content (AvgIpc) is 3.08. The van der Waals surface area contributed by atoms with Crippen LogP contribution in [0.2, 0.25) is 0 Å².